The molecular formula is C15H18N4O2. The van der Waals surface area contributed by atoms with Crippen molar-refractivity contribution in [3.63, 3.8) is 0 Å². The molecule has 0 aliphatic rings. The first kappa shape index (κ1) is 14.8. The summed E-state index contributed by atoms with van der Waals surface area (Å²) >= 11 is 0. The normalized spacial score (nSPS) is 10.4. The molecule has 0 aromatic carbocycles. The fourth-order valence-electron chi connectivity index (χ4n) is 1.96. The Hall–Kier alpha value is -2.63. The van der Waals surface area contributed by atoms with Gasteiger partial charge >= 0.3 is 0 Å². The molecule has 0 atom stereocenters. The van der Waals surface area contributed by atoms with E-state index in [0.717, 1.165) is 11.4 Å². The predicted molar refractivity (Wildman–Crippen MR) is 80.6 cm³/mol. The van der Waals surface area contributed by atoms with Crippen LogP contribution in [0.3, 0.4) is 0 Å². The van der Waals surface area contributed by atoms with Crippen molar-refractivity contribution in [1.29, 1.82) is 0 Å². The molecule has 2 rings (SSSR count). The molecule has 2 heterocycles. The zero-order chi connectivity index (χ0) is 15.4. The second-order valence-corrected chi connectivity index (χ2v) is 4.95. The number of likely N-dealkylation sites (N-methyl/N-ethyl adjacent to an activating group) is 1. The number of nitrogens with two attached hydrogens (primary N) is 1. The van der Waals surface area contributed by atoms with E-state index in [0.29, 0.717) is 12.2 Å². The molecule has 2 aromatic heterocycles. The summed E-state index contributed by atoms with van der Waals surface area (Å²) in [6.07, 6.45) is 1.47. The molecule has 0 saturated heterocycles. The Morgan fingerprint density at radius 3 is 2.81 bits per heavy atom. The van der Waals surface area contributed by atoms with E-state index in [1.54, 1.807) is 7.05 Å². The molecule has 0 saturated carbocycles. The maximum atomic E-state index is 12.2. The molecular weight excluding hydrogens is 268 g/mol. The van der Waals surface area contributed by atoms with Crippen molar-refractivity contribution >= 4 is 11.6 Å². The van der Waals surface area contributed by atoms with Gasteiger partial charge < -0.3 is 15.2 Å². The van der Waals surface area contributed by atoms with Gasteiger partial charge in [-0.1, -0.05) is 6.07 Å². The number of carbonyl (C=O) groups excluding carboxylic acids is 1. The number of aryl methyl sites for hydroxylation is 1. The highest BCUT2D eigenvalue weighted by molar-refractivity contribution is 5.75. The van der Waals surface area contributed by atoms with Gasteiger partial charge in [-0.3, -0.25) is 14.6 Å². The van der Waals surface area contributed by atoms with E-state index in [1.165, 1.54) is 27.8 Å². The lowest BCUT2D eigenvalue weighted by molar-refractivity contribution is -0.131. The van der Waals surface area contributed by atoms with Crippen LogP contribution < -0.4 is 11.3 Å². The molecule has 0 radical (unpaired) electrons. The second kappa shape index (κ2) is 6.21. The molecule has 0 spiro atoms. The molecule has 6 nitrogen and oxygen atoms in total. The molecule has 1 amide bonds. The van der Waals surface area contributed by atoms with Crippen LogP contribution in [0.1, 0.15) is 11.4 Å². The maximum Gasteiger partial charge on any atom is 0.251 e. The summed E-state index contributed by atoms with van der Waals surface area (Å²) in [6, 6.07) is 8.54. The van der Waals surface area contributed by atoms with E-state index in [-0.39, 0.29) is 18.0 Å². The second-order valence-electron chi connectivity index (χ2n) is 4.95. The van der Waals surface area contributed by atoms with Gasteiger partial charge in [-0.25, -0.2) is 0 Å². The number of amides is 1. The van der Waals surface area contributed by atoms with Crippen molar-refractivity contribution in [2.24, 2.45) is 0 Å². The number of carbonyl (C=O) groups is 1. The van der Waals surface area contributed by atoms with Crippen LogP contribution in [0.4, 0.5) is 5.69 Å². The van der Waals surface area contributed by atoms with E-state index >= 15 is 0 Å². The van der Waals surface area contributed by atoms with Crippen LogP contribution in [0.2, 0.25) is 0 Å². The Bertz CT molecular complexity index is 709. The molecule has 0 bridgehead atoms. The molecule has 0 aliphatic heterocycles. The third-order valence-electron chi connectivity index (χ3n) is 3.08. The van der Waals surface area contributed by atoms with Crippen LogP contribution in [-0.2, 0) is 17.9 Å². The van der Waals surface area contributed by atoms with E-state index in [4.69, 9.17) is 5.73 Å². The standard InChI is InChI=1S/C15H18N4O2/c1-11-4-3-5-13(17-11)9-18(2)15(21)10-19-8-12(16)6-7-14(19)20/h3-8H,9-10,16H2,1-2H3. The number of hydrogen-bond acceptors (Lipinski definition) is 4. The monoisotopic (exact) mass is 286 g/mol. The highest BCUT2D eigenvalue weighted by Crippen LogP contribution is 2.03. The minimum Gasteiger partial charge on any atom is -0.398 e. The number of nitrogen functional groups attached to an aromatic ring is 1. The van der Waals surface area contributed by atoms with Gasteiger partial charge in [0.05, 0.1) is 12.2 Å². The molecule has 0 unspecified atom stereocenters. The van der Waals surface area contributed by atoms with Crippen molar-refractivity contribution in [1.82, 2.24) is 14.5 Å². The van der Waals surface area contributed by atoms with Gasteiger partial charge in [-0.15, -0.1) is 0 Å². The number of aromatic nitrogens is 2. The van der Waals surface area contributed by atoms with Crippen molar-refractivity contribution in [2.75, 3.05) is 12.8 Å². The highest BCUT2D eigenvalue weighted by atomic mass is 16.2. The largest absolute Gasteiger partial charge is 0.398 e. The number of rotatable bonds is 4. The first-order valence-electron chi connectivity index (χ1n) is 6.58. The van der Waals surface area contributed by atoms with Crippen LogP contribution in [0.25, 0.3) is 0 Å². The van der Waals surface area contributed by atoms with E-state index in [9.17, 15) is 9.59 Å². The van der Waals surface area contributed by atoms with Gasteiger partial charge in [-0.2, -0.15) is 0 Å². The summed E-state index contributed by atoms with van der Waals surface area (Å²) in [5.74, 6) is -0.175. The molecule has 0 aliphatic carbocycles. The van der Waals surface area contributed by atoms with Gasteiger partial charge in [0.15, 0.2) is 0 Å². The van der Waals surface area contributed by atoms with E-state index < -0.39 is 0 Å². The Morgan fingerprint density at radius 2 is 2.10 bits per heavy atom. The Morgan fingerprint density at radius 1 is 1.33 bits per heavy atom. The zero-order valence-electron chi connectivity index (χ0n) is 12.1. The first-order valence-corrected chi connectivity index (χ1v) is 6.58. The third kappa shape index (κ3) is 3.92. The summed E-state index contributed by atoms with van der Waals surface area (Å²) in [6.45, 7) is 2.27. The number of nitrogens with zero attached hydrogens (tertiary/aromatic N) is 3. The quantitative estimate of drug-likeness (QED) is 0.901. The van der Waals surface area contributed by atoms with Gasteiger partial charge in [0.2, 0.25) is 5.91 Å². The van der Waals surface area contributed by atoms with Crippen molar-refractivity contribution in [2.45, 2.75) is 20.0 Å². The van der Waals surface area contributed by atoms with Crippen LogP contribution in [0, 0.1) is 6.92 Å². The number of hydrogen-bond donors (Lipinski definition) is 1. The van der Waals surface area contributed by atoms with Crippen LogP contribution in [-0.4, -0.2) is 27.4 Å². The Kier molecular flexibility index (Phi) is 4.37. The van der Waals surface area contributed by atoms with Crippen LogP contribution in [0.5, 0.6) is 0 Å². The molecule has 110 valence electrons. The highest BCUT2D eigenvalue weighted by Gasteiger charge is 2.11. The zero-order valence-corrected chi connectivity index (χ0v) is 12.1. The van der Waals surface area contributed by atoms with Gasteiger partial charge in [-0.05, 0) is 25.1 Å². The average Bonchev–Trinajstić information content (AvgIpc) is 2.43. The topological polar surface area (TPSA) is 81.2 Å². The summed E-state index contributed by atoms with van der Waals surface area (Å²) < 4.78 is 1.30. The summed E-state index contributed by atoms with van der Waals surface area (Å²) in [4.78, 5) is 29.7. The summed E-state index contributed by atoms with van der Waals surface area (Å²) in [5, 5.41) is 0. The van der Waals surface area contributed by atoms with E-state index in [1.807, 2.05) is 25.1 Å². The fourth-order valence-corrected chi connectivity index (χ4v) is 1.96. The molecule has 2 aromatic rings. The lowest BCUT2D eigenvalue weighted by Crippen LogP contribution is -2.33. The number of pyridine rings is 2. The van der Waals surface area contributed by atoms with E-state index in [2.05, 4.69) is 4.98 Å². The van der Waals surface area contributed by atoms with Gasteiger partial charge in [0.25, 0.3) is 5.56 Å². The average molecular weight is 286 g/mol. The van der Waals surface area contributed by atoms with Crippen molar-refractivity contribution in [3.05, 3.63) is 58.3 Å². The molecule has 0 fully saturated rings. The SMILES string of the molecule is Cc1cccc(CN(C)C(=O)Cn2cc(N)ccc2=O)n1. The van der Waals surface area contributed by atoms with Crippen LogP contribution >= 0.6 is 0 Å². The minimum absolute atomic E-state index is 0.0355. The van der Waals surface area contributed by atoms with Gasteiger partial charge in [0.1, 0.15) is 6.54 Å². The Labute approximate surface area is 122 Å². The molecule has 6 heteroatoms. The van der Waals surface area contributed by atoms with Crippen molar-refractivity contribution in [3.8, 4) is 0 Å². The molecule has 21 heavy (non-hydrogen) atoms. The lowest BCUT2D eigenvalue weighted by Gasteiger charge is -2.17. The van der Waals surface area contributed by atoms with Crippen molar-refractivity contribution < 1.29 is 4.79 Å². The smallest absolute Gasteiger partial charge is 0.251 e. The first-order chi connectivity index (χ1) is 9.95. The van der Waals surface area contributed by atoms with Crippen LogP contribution in [0.15, 0.2) is 41.3 Å². The number of anilines is 1. The Balaban J connectivity index is 2.06. The third-order valence-corrected chi connectivity index (χ3v) is 3.08. The fraction of sp³-hybridized carbons (Fsp3) is 0.267. The molecule has 2 N–H and O–H groups in total. The maximum absolute atomic E-state index is 12.2. The minimum atomic E-state index is -0.250. The lowest BCUT2D eigenvalue weighted by atomic mass is 10.3. The van der Waals surface area contributed by atoms with Gasteiger partial charge in [0, 0.05) is 30.7 Å². The predicted octanol–water partition coefficient (Wildman–Crippen LogP) is 0.793. The summed E-state index contributed by atoms with van der Waals surface area (Å²) in [5.41, 5.74) is 7.54. The summed E-state index contributed by atoms with van der Waals surface area (Å²) in [7, 11) is 1.68.